The standard InChI is InChI=1S/C57H66N4O9/c1-62-52-31-43-28-47-35-56-54(64-3)33-45(47)30-48-36-57-53(63-2)32-44(48)29-46(43)34-55(52)68-25-22-65-49-10-4-40(5-11-49)37-58-16-19-61(20-17-59-38-41-6-12-50(13-7-41)66-23-26-69-56)21-18-60-39-42-8-14-51(15-9-42)67-24-27-70-57/h4-15,31-36,58-60H,16-30,37-39H2,1-3H3. The lowest BCUT2D eigenvalue weighted by Crippen LogP contribution is -2.40. The van der Waals surface area contributed by atoms with Gasteiger partial charge in [-0.05, 0) is 142 Å². The van der Waals surface area contributed by atoms with Crippen LogP contribution in [0.3, 0.4) is 0 Å². The Bertz CT molecular complexity index is 2340. The largest absolute Gasteiger partial charge is 0.493 e. The molecule has 13 heteroatoms. The van der Waals surface area contributed by atoms with E-state index in [0.29, 0.717) is 93.4 Å². The Morgan fingerprint density at radius 1 is 0.357 bits per heavy atom. The van der Waals surface area contributed by atoms with Gasteiger partial charge in [-0.2, -0.15) is 0 Å². The first kappa shape index (κ1) is 48.4. The zero-order valence-electron chi connectivity index (χ0n) is 40.7. The molecule has 3 N–H and O–H groups in total. The van der Waals surface area contributed by atoms with E-state index in [-0.39, 0.29) is 0 Å². The predicted octanol–water partition coefficient (Wildman–Crippen LogP) is 7.77. The van der Waals surface area contributed by atoms with Crippen LogP contribution in [0.15, 0.2) is 109 Å². The third-order valence-electron chi connectivity index (χ3n) is 13.0. The van der Waals surface area contributed by atoms with Crippen molar-refractivity contribution in [2.45, 2.75) is 38.9 Å². The van der Waals surface area contributed by atoms with Crippen LogP contribution in [-0.2, 0) is 38.9 Å². The van der Waals surface area contributed by atoms with Crippen molar-refractivity contribution in [3.05, 3.63) is 159 Å². The van der Waals surface area contributed by atoms with Gasteiger partial charge in [0, 0.05) is 58.9 Å². The molecule has 13 aliphatic rings. The Balaban J connectivity index is 1.07. The number of nitrogens with one attached hydrogen (secondary N) is 3. The summed E-state index contributed by atoms with van der Waals surface area (Å²) in [5.74, 6) is 6.28. The molecular formula is C57H66N4O9. The summed E-state index contributed by atoms with van der Waals surface area (Å²) < 4.78 is 55.9. The molecule has 70 heavy (non-hydrogen) atoms. The van der Waals surface area contributed by atoms with Crippen LogP contribution in [0.2, 0.25) is 0 Å². The molecule has 0 unspecified atom stereocenters. The molecule has 6 aromatic carbocycles. The van der Waals surface area contributed by atoms with Crippen molar-refractivity contribution in [1.29, 1.82) is 0 Å². The highest BCUT2D eigenvalue weighted by Crippen LogP contribution is 2.41. The Hall–Kier alpha value is -6.64. The number of nitrogens with zero attached hydrogens (tertiary/aromatic N) is 1. The molecule has 12 heterocycles. The summed E-state index contributed by atoms with van der Waals surface area (Å²) in [4.78, 5) is 2.50. The molecule has 0 fully saturated rings. The normalized spacial score (nSPS) is 16.5. The summed E-state index contributed by atoms with van der Waals surface area (Å²) in [5.41, 5.74) is 10.2. The van der Waals surface area contributed by atoms with Crippen LogP contribution in [0.4, 0.5) is 0 Å². The van der Waals surface area contributed by atoms with E-state index < -0.39 is 0 Å². The fraction of sp³-hybridized carbons (Fsp3) is 0.368. The second kappa shape index (κ2) is 24.3. The van der Waals surface area contributed by atoms with Crippen LogP contribution < -0.4 is 58.6 Å². The van der Waals surface area contributed by atoms with Crippen LogP contribution >= 0.6 is 0 Å². The third kappa shape index (κ3) is 13.0. The van der Waals surface area contributed by atoms with E-state index >= 15 is 0 Å². The molecular weight excluding hydrogens is 885 g/mol. The maximum Gasteiger partial charge on any atom is 0.161 e. The molecule has 1 aliphatic carbocycles. The van der Waals surface area contributed by atoms with Gasteiger partial charge >= 0.3 is 0 Å². The van der Waals surface area contributed by atoms with Crippen LogP contribution in [0, 0.1) is 0 Å². The van der Waals surface area contributed by atoms with E-state index in [1.54, 1.807) is 21.3 Å². The van der Waals surface area contributed by atoms with E-state index in [4.69, 9.17) is 42.6 Å². The topological polar surface area (TPSA) is 122 Å². The van der Waals surface area contributed by atoms with Gasteiger partial charge in [-0.25, -0.2) is 0 Å². The van der Waals surface area contributed by atoms with Crippen molar-refractivity contribution < 1.29 is 42.6 Å². The fourth-order valence-corrected chi connectivity index (χ4v) is 9.14. The van der Waals surface area contributed by atoms with E-state index in [2.05, 4.69) is 93.6 Å². The second-order valence-corrected chi connectivity index (χ2v) is 17.7. The lowest BCUT2D eigenvalue weighted by molar-refractivity contribution is 0.211. The molecule has 0 aromatic heterocycles. The SMILES string of the molecule is COc1cc2c3cc1OCCOc1ccc(cc1)CNCCN1CCNCc4ccc(cc4)OCCOc4cc(c(cc4OC)C3)Cc3cc(OC)c(cc3C2)OCCOc2ccc(cc2)CNCC1. The van der Waals surface area contributed by atoms with E-state index in [9.17, 15) is 0 Å². The minimum Gasteiger partial charge on any atom is -0.493 e. The van der Waals surface area contributed by atoms with Crippen molar-refractivity contribution in [3.63, 3.8) is 0 Å². The summed E-state index contributed by atoms with van der Waals surface area (Å²) in [5, 5.41) is 11.0. The smallest absolute Gasteiger partial charge is 0.161 e. The van der Waals surface area contributed by atoms with Gasteiger partial charge in [0.2, 0.25) is 0 Å². The monoisotopic (exact) mass is 950 g/mol. The van der Waals surface area contributed by atoms with Gasteiger partial charge in [0.25, 0.3) is 0 Å². The molecule has 368 valence electrons. The van der Waals surface area contributed by atoms with Gasteiger partial charge in [0.05, 0.1) is 21.3 Å². The summed E-state index contributed by atoms with van der Waals surface area (Å²) in [6, 6.07) is 37.5. The van der Waals surface area contributed by atoms with Gasteiger partial charge in [-0.3, -0.25) is 4.90 Å². The highest BCUT2D eigenvalue weighted by molar-refractivity contribution is 5.58. The lowest BCUT2D eigenvalue weighted by Gasteiger charge is -2.23. The van der Waals surface area contributed by atoms with Crippen molar-refractivity contribution in [2.24, 2.45) is 0 Å². The van der Waals surface area contributed by atoms with E-state index in [1.807, 2.05) is 36.4 Å². The van der Waals surface area contributed by atoms with Crippen LogP contribution in [-0.4, -0.2) is 105 Å². The molecule has 12 aliphatic heterocycles. The van der Waals surface area contributed by atoms with Gasteiger partial charge < -0.3 is 58.6 Å². The first-order chi connectivity index (χ1) is 34.5. The van der Waals surface area contributed by atoms with Crippen LogP contribution in [0.5, 0.6) is 51.7 Å². The highest BCUT2D eigenvalue weighted by Gasteiger charge is 2.23. The quantitative estimate of drug-likeness (QED) is 0.160. The summed E-state index contributed by atoms with van der Waals surface area (Å²) >= 11 is 0. The molecule has 19 rings (SSSR count). The van der Waals surface area contributed by atoms with Crippen LogP contribution in [0.1, 0.15) is 50.1 Å². The zero-order valence-corrected chi connectivity index (χ0v) is 40.7. The molecule has 16 bridgehead atoms. The Morgan fingerprint density at radius 2 is 0.629 bits per heavy atom. The average molecular weight is 951 g/mol. The molecule has 0 saturated carbocycles. The molecule has 0 amide bonds. The average Bonchev–Trinajstić information content (AvgIpc) is 3.44. The van der Waals surface area contributed by atoms with Gasteiger partial charge in [0.15, 0.2) is 34.5 Å². The number of hydrogen-bond acceptors (Lipinski definition) is 13. The minimum atomic E-state index is 0.332. The molecule has 0 atom stereocenters. The van der Waals surface area contributed by atoms with Crippen molar-refractivity contribution >= 4 is 0 Å². The predicted molar refractivity (Wildman–Crippen MR) is 271 cm³/mol. The number of methoxy groups -OCH3 is 3. The summed E-state index contributed by atoms with van der Waals surface area (Å²) in [7, 11) is 5.04. The maximum absolute atomic E-state index is 6.45. The molecule has 0 radical (unpaired) electrons. The lowest BCUT2D eigenvalue weighted by atomic mass is 9.94. The van der Waals surface area contributed by atoms with Crippen molar-refractivity contribution in [2.75, 3.05) is 100 Å². The van der Waals surface area contributed by atoms with Gasteiger partial charge in [0.1, 0.15) is 56.9 Å². The number of ether oxygens (including phenoxy) is 9. The van der Waals surface area contributed by atoms with Gasteiger partial charge in [-0.15, -0.1) is 0 Å². The molecule has 0 spiro atoms. The highest BCUT2D eigenvalue weighted by atomic mass is 16.6. The van der Waals surface area contributed by atoms with E-state index in [1.165, 1.54) is 16.7 Å². The van der Waals surface area contributed by atoms with Crippen molar-refractivity contribution in [1.82, 2.24) is 20.9 Å². The number of rotatable bonds is 3. The maximum atomic E-state index is 6.45. The number of hydrogen-bond donors (Lipinski definition) is 3. The summed E-state index contributed by atoms with van der Waals surface area (Å²) in [6.45, 7) is 9.75. The minimum absolute atomic E-state index is 0.332. The Morgan fingerprint density at radius 3 is 0.914 bits per heavy atom. The third-order valence-corrected chi connectivity index (χ3v) is 13.0. The molecule has 13 nitrogen and oxygen atoms in total. The first-order valence-electron chi connectivity index (χ1n) is 24.5. The number of benzene rings is 6. The Labute approximate surface area is 412 Å². The van der Waals surface area contributed by atoms with Gasteiger partial charge in [-0.1, -0.05) is 36.4 Å². The number of fused-ring (bicyclic) bond motifs is 1. The molecule has 6 aromatic rings. The fourth-order valence-electron chi connectivity index (χ4n) is 9.14. The first-order valence-corrected chi connectivity index (χ1v) is 24.5. The Kier molecular flexibility index (Phi) is 16.8. The second-order valence-electron chi connectivity index (χ2n) is 17.7. The van der Waals surface area contributed by atoms with E-state index in [0.717, 1.165) is 110 Å². The zero-order chi connectivity index (χ0) is 47.9. The summed E-state index contributed by atoms with van der Waals surface area (Å²) in [6.07, 6.45) is 1.86. The molecule has 0 saturated heterocycles. The van der Waals surface area contributed by atoms with Crippen molar-refractivity contribution in [3.8, 4) is 51.7 Å². The van der Waals surface area contributed by atoms with Crippen LogP contribution in [0.25, 0.3) is 0 Å².